The van der Waals surface area contributed by atoms with Gasteiger partial charge >= 0.3 is 0 Å². The van der Waals surface area contributed by atoms with Crippen molar-refractivity contribution in [1.29, 1.82) is 0 Å². The third kappa shape index (κ3) is 2.61. The van der Waals surface area contributed by atoms with Gasteiger partial charge in [-0.2, -0.15) is 0 Å². The molecule has 3 heterocycles. The number of methoxy groups -OCH3 is 1. The van der Waals surface area contributed by atoms with Crippen molar-refractivity contribution in [3.05, 3.63) is 72.4 Å². The molecular weight excluding hydrogens is 318 g/mol. The Balaban J connectivity index is 1.95. The molecule has 24 heavy (non-hydrogen) atoms. The molecular formula is C20H15NO2S. The van der Waals surface area contributed by atoms with Crippen LogP contribution < -0.4 is 4.74 Å². The summed E-state index contributed by atoms with van der Waals surface area (Å²) in [5.74, 6) is 1.62. The van der Waals surface area contributed by atoms with E-state index >= 15 is 0 Å². The molecule has 0 aliphatic carbocycles. The minimum atomic E-state index is 0.772. The van der Waals surface area contributed by atoms with Gasteiger partial charge in [-0.25, -0.2) is 0 Å². The highest BCUT2D eigenvalue weighted by atomic mass is 32.1. The molecule has 0 spiro atoms. The van der Waals surface area contributed by atoms with Crippen LogP contribution in [0.3, 0.4) is 0 Å². The average molecular weight is 333 g/mol. The fourth-order valence-corrected chi connectivity index (χ4v) is 3.53. The summed E-state index contributed by atoms with van der Waals surface area (Å²) in [7, 11) is 1.67. The van der Waals surface area contributed by atoms with E-state index in [9.17, 15) is 0 Å². The van der Waals surface area contributed by atoms with Gasteiger partial charge in [0.25, 0.3) is 0 Å². The molecule has 0 aliphatic heterocycles. The Morgan fingerprint density at radius 3 is 2.54 bits per heavy atom. The predicted molar refractivity (Wildman–Crippen MR) is 97.2 cm³/mol. The van der Waals surface area contributed by atoms with Crippen LogP contribution in [0, 0.1) is 0 Å². The number of rotatable bonds is 4. The molecule has 1 aromatic carbocycles. The number of ether oxygens (including phenoxy) is 1. The number of furan rings is 1. The maximum atomic E-state index is 5.61. The van der Waals surface area contributed by atoms with Crippen LogP contribution in [0.4, 0.5) is 0 Å². The summed E-state index contributed by atoms with van der Waals surface area (Å²) in [6.45, 7) is 0. The van der Waals surface area contributed by atoms with Gasteiger partial charge in [-0.15, -0.1) is 11.3 Å². The number of nitrogens with zero attached hydrogens (tertiary/aromatic N) is 1. The fourth-order valence-electron chi connectivity index (χ4n) is 2.74. The largest absolute Gasteiger partial charge is 0.497 e. The molecule has 3 nitrogen and oxygen atoms in total. The van der Waals surface area contributed by atoms with Crippen molar-refractivity contribution in [1.82, 2.24) is 4.98 Å². The first-order chi connectivity index (χ1) is 11.9. The highest BCUT2D eigenvalue weighted by molar-refractivity contribution is 7.13. The fraction of sp³-hybridized carbons (Fsp3) is 0.0500. The highest BCUT2D eigenvalue weighted by Gasteiger charge is 2.17. The summed E-state index contributed by atoms with van der Waals surface area (Å²) in [5.41, 5.74) is 4.19. The van der Waals surface area contributed by atoms with Crippen molar-refractivity contribution >= 4 is 11.3 Å². The lowest BCUT2D eigenvalue weighted by Gasteiger charge is -2.12. The smallest absolute Gasteiger partial charge is 0.152 e. The number of benzene rings is 1. The van der Waals surface area contributed by atoms with Crippen LogP contribution in [0.25, 0.3) is 33.0 Å². The van der Waals surface area contributed by atoms with Gasteiger partial charge in [-0.3, -0.25) is 4.98 Å². The molecule has 3 aromatic heterocycles. The maximum Gasteiger partial charge on any atom is 0.152 e. The van der Waals surface area contributed by atoms with Crippen LogP contribution >= 0.6 is 11.3 Å². The second-order valence-corrected chi connectivity index (χ2v) is 6.21. The van der Waals surface area contributed by atoms with E-state index in [0.29, 0.717) is 0 Å². The number of pyridine rings is 1. The lowest BCUT2D eigenvalue weighted by Crippen LogP contribution is -1.91. The molecule has 0 saturated heterocycles. The van der Waals surface area contributed by atoms with E-state index in [1.54, 1.807) is 24.7 Å². The minimum absolute atomic E-state index is 0.772. The number of hydrogen-bond donors (Lipinski definition) is 0. The Kier molecular flexibility index (Phi) is 3.89. The first-order valence-corrected chi connectivity index (χ1v) is 8.46. The van der Waals surface area contributed by atoms with Crippen LogP contribution in [0.5, 0.6) is 5.75 Å². The zero-order valence-corrected chi connectivity index (χ0v) is 13.9. The molecule has 4 heteroatoms. The molecule has 0 saturated carbocycles. The van der Waals surface area contributed by atoms with Crippen LogP contribution in [-0.2, 0) is 0 Å². The molecule has 0 N–H and O–H groups in total. The molecule has 0 aliphatic rings. The van der Waals surface area contributed by atoms with E-state index in [1.165, 1.54) is 4.88 Å². The Morgan fingerprint density at radius 1 is 1.00 bits per heavy atom. The lowest BCUT2D eigenvalue weighted by atomic mass is 9.97. The summed E-state index contributed by atoms with van der Waals surface area (Å²) in [6.07, 6.45) is 3.50. The summed E-state index contributed by atoms with van der Waals surface area (Å²) < 4.78 is 10.9. The molecule has 0 amide bonds. The SMILES string of the molecule is COc1ccc(-c2ccnc(-c3ccco3)c2-c2cccs2)cc1. The van der Waals surface area contributed by atoms with Gasteiger partial charge in [0.05, 0.1) is 13.4 Å². The van der Waals surface area contributed by atoms with Crippen molar-refractivity contribution in [2.45, 2.75) is 0 Å². The van der Waals surface area contributed by atoms with Crippen LogP contribution in [0.15, 0.2) is 76.9 Å². The third-order valence-corrected chi connectivity index (χ3v) is 4.76. The van der Waals surface area contributed by atoms with E-state index in [-0.39, 0.29) is 0 Å². The molecule has 0 bridgehead atoms. The second-order valence-electron chi connectivity index (χ2n) is 5.27. The summed E-state index contributed by atoms with van der Waals surface area (Å²) >= 11 is 1.70. The summed E-state index contributed by atoms with van der Waals surface area (Å²) in [5, 5.41) is 2.08. The molecule has 4 aromatic rings. The maximum absolute atomic E-state index is 5.61. The molecule has 0 atom stereocenters. The van der Waals surface area contributed by atoms with Crippen molar-refractivity contribution in [3.8, 4) is 38.8 Å². The topological polar surface area (TPSA) is 35.3 Å². The van der Waals surface area contributed by atoms with Gasteiger partial charge in [-0.05, 0) is 52.9 Å². The number of aromatic nitrogens is 1. The normalized spacial score (nSPS) is 10.7. The Labute approximate surface area is 144 Å². The Morgan fingerprint density at radius 2 is 1.88 bits per heavy atom. The zero-order valence-electron chi connectivity index (χ0n) is 13.1. The van der Waals surface area contributed by atoms with Gasteiger partial charge < -0.3 is 9.15 Å². The molecule has 0 fully saturated rings. The lowest BCUT2D eigenvalue weighted by molar-refractivity contribution is 0.415. The Bertz CT molecular complexity index is 926. The van der Waals surface area contributed by atoms with Crippen LogP contribution in [0.1, 0.15) is 0 Å². The number of hydrogen-bond acceptors (Lipinski definition) is 4. The molecule has 118 valence electrons. The van der Waals surface area contributed by atoms with E-state index in [2.05, 4.69) is 34.6 Å². The first kappa shape index (κ1) is 14.7. The summed E-state index contributed by atoms with van der Waals surface area (Å²) in [6, 6.07) is 18.1. The van der Waals surface area contributed by atoms with Crippen molar-refractivity contribution in [2.24, 2.45) is 0 Å². The van der Waals surface area contributed by atoms with Gasteiger partial charge in [0.2, 0.25) is 0 Å². The monoisotopic (exact) mass is 333 g/mol. The van der Waals surface area contributed by atoms with Crippen molar-refractivity contribution < 1.29 is 9.15 Å². The quantitative estimate of drug-likeness (QED) is 0.477. The zero-order chi connectivity index (χ0) is 16.4. The molecule has 0 unspecified atom stereocenters. The van der Waals surface area contributed by atoms with Gasteiger partial charge in [0.1, 0.15) is 11.4 Å². The second kappa shape index (κ2) is 6.34. The predicted octanol–water partition coefficient (Wildman–Crippen LogP) is 5.75. The molecule has 0 radical (unpaired) electrons. The number of thiophene rings is 1. The highest BCUT2D eigenvalue weighted by Crippen LogP contribution is 2.40. The van der Waals surface area contributed by atoms with E-state index in [4.69, 9.17) is 9.15 Å². The van der Waals surface area contributed by atoms with Crippen LogP contribution in [0.2, 0.25) is 0 Å². The van der Waals surface area contributed by atoms with Crippen molar-refractivity contribution in [2.75, 3.05) is 7.11 Å². The van der Waals surface area contributed by atoms with E-state index in [1.807, 2.05) is 36.5 Å². The van der Waals surface area contributed by atoms with Gasteiger partial charge in [0, 0.05) is 16.6 Å². The Hall–Kier alpha value is -2.85. The first-order valence-electron chi connectivity index (χ1n) is 7.58. The van der Waals surface area contributed by atoms with Crippen LogP contribution in [-0.4, -0.2) is 12.1 Å². The van der Waals surface area contributed by atoms with E-state index < -0.39 is 0 Å². The standard InChI is InChI=1S/C20H15NO2S/c1-22-15-8-6-14(7-9-15)16-10-11-21-20(17-4-2-12-23-17)19(16)18-5-3-13-24-18/h2-13H,1H3. The van der Waals surface area contributed by atoms with Gasteiger partial charge in [-0.1, -0.05) is 18.2 Å². The molecule has 4 rings (SSSR count). The minimum Gasteiger partial charge on any atom is -0.497 e. The summed E-state index contributed by atoms with van der Waals surface area (Å²) in [4.78, 5) is 5.75. The third-order valence-electron chi connectivity index (χ3n) is 3.87. The van der Waals surface area contributed by atoms with E-state index in [0.717, 1.165) is 33.9 Å². The average Bonchev–Trinajstić information content (AvgIpc) is 3.35. The van der Waals surface area contributed by atoms with Crippen molar-refractivity contribution in [3.63, 3.8) is 0 Å². The van der Waals surface area contributed by atoms with Gasteiger partial charge in [0.15, 0.2) is 5.76 Å².